The number of likely N-dealkylation sites (tertiary alicyclic amines) is 1. The summed E-state index contributed by atoms with van der Waals surface area (Å²) in [4.78, 5) is 14.0. The lowest BCUT2D eigenvalue weighted by Crippen LogP contribution is -2.37. The van der Waals surface area contributed by atoms with Gasteiger partial charge in [-0.15, -0.1) is 0 Å². The van der Waals surface area contributed by atoms with Crippen LogP contribution in [0, 0.1) is 13.8 Å². The Balaban J connectivity index is 1.76. The number of carbonyl (C=O) groups is 1. The zero-order chi connectivity index (χ0) is 15.2. The average molecular weight is 308 g/mol. The van der Waals surface area contributed by atoms with Crippen LogP contribution in [0.15, 0.2) is 23.1 Å². The van der Waals surface area contributed by atoms with E-state index in [1.54, 1.807) is 19.1 Å². The summed E-state index contributed by atoms with van der Waals surface area (Å²) >= 11 is 0. The summed E-state index contributed by atoms with van der Waals surface area (Å²) in [7, 11) is -3.57. The van der Waals surface area contributed by atoms with Gasteiger partial charge in [0.25, 0.3) is 0 Å². The van der Waals surface area contributed by atoms with E-state index in [-0.39, 0.29) is 18.4 Å². The van der Waals surface area contributed by atoms with Crippen molar-refractivity contribution in [2.24, 2.45) is 0 Å². The highest BCUT2D eigenvalue weighted by atomic mass is 32.2. The molecule has 1 aliphatic heterocycles. The van der Waals surface area contributed by atoms with Crippen molar-refractivity contribution in [3.63, 3.8) is 0 Å². The maximum absolute atomic E-state index is 12.5. The van der Waals surface area contributed by atoms with Crippen molar-refractivity contribution in [3.8, 4) is 0 Å². The van der Waals surface area contributed by atoms with Crippen LogP contribution < -0.4 is 4.72 Å². The van der Waals surface area contributed by atoms with Gasteiger partial charge in [0, 0.05) is 25.0 Å². The smallest absolute Gasteiger partial charge is 0.241 e. The number of hydrogen-bond acceptors (Lipinski definition) is 3. The fourth-order valence-corrected chi connectivity index (χ4v) is 4.39. The van der Waals surface area contributed by atoms with E-state index in [2.05, 4.69) is 4.72 Å². The van der Waals surface area contributed by atoms with Gasteiger partial charge in [0.1, 0.15) is 0 Å². The molecule has 2 aliphatic rings. The van der Waals surface area contributed by atoms with Gasteiger partial charge in [0.05, 0.1) is 4.90 Å². The molecule has 114 valence electrons. The van der Waals surface area contributed by atoms with Crippen molar-refractivity contribution in [2.75, 3.05) is 6.54 Å². The fourth-order valence-electron chi connectivity index (χ4n) is 2.93. The van der Waals surface area contributed by atoms with Gasteiger partial charge in [0.2, 0.25) is 15.9 Å². The first-order valence-corrected chi connectivity index (χ1v) is 8.74. The monoisotopic (exact) mass is 308 g/mol. The number of nitrogens with one attached hydrogen (secondary N) is 1. The van der Waals surface area contributed by atoms with Gasteiger partial charge in [-0.1, -0.05) is 17.7 Å². The molecular weight excluding hydrogens is 288 g/mol. The second-order valence-corrected chi connectivity index (χ2v) is 7.75. The van der Waals surface area contributed by atoms with Crippen molar-refractivity contribution in [1.82, 2.24) is 9.62 Å². The largest absolute Gasteiger partial charge is 0.338 e. The molecule has 1 aromatic rings. The zero-order valence-electron chi connectivity index (χ0n) is 12.3. The van der Waals surface area contributed by atoms with E-state index in [1.807, 2.05) is 17.9 Å². The molecule has 1 heterocycles. The van der Waals surface area contributed by atoms with Gasteiger partial charge in [-0.2, -0.15) is 0 Å². The Hall–Kier alpha value is -1.40. The third kappa shape index (κ3) is 2.96. The molecule has 1 aliphatic carbocycles. The molecule has 0 radical (unpaired) electrons. The van der Waals surface area contributed by atoms with Crippen molar-refractivity contribution < 1.29 is 13.2 Å². The van der Waals surface area contributed by atoms with Gasteiger partial charge >= 0.3 is 0 Å². The maximum Gasteiger partial charge on any atom is 0.241 e. The van der Waals surface area contributed by atoms with Gasteiger partial charge in [-0.05, 0) is 38.3 Å². The second-order valence-electron chi connectivity index (χ2n) is 6.07. The molecule has 6 heteroatoms. The van der Waals surface area contributed by atoms with Crippen molar-refractivity contribution in [2.45, 2.75) is 50.1 Å². The van der Waals surface area contributed by atoms with Crippen LogP contribution in [0.4, 0.5) is 0 Å². The number of rotatable bonds is 4. The molecule has 0 bridgehead atoms. The topological polar surface area (TPSA) is 66.5 Å². The van der Waals surface area contributed by atoms with Crippen LogP contribution in [0.2, 0.25) is 0 Å². The average Bonchev–Trinajstić information content (AvgIpc) is 3.13. The van der Waals surface area contributed by atoms with Crippen LogP contribution in [0.5, 0.6) is 0 Å². The molecule has 1 saturated carbocycles. The van der Waals surface area contributed by atoms with E-state index in [4.69, 9.17) is 0 Å². The molecule has 2 fully saturated rings. The summed E-state index contributed by atoms with van der Waals surface area (Å²) in [5.41, 5.74) is 1.76. The first kappa shape index (κ1) is 14.5. The number of benzene rings is 1. The van der Waals surface area contributed by atoms with E-state index in [0.717, 1.165) is 24.0 Å². The lowest BCUT2D eigenvalue weighted by atomic mass is 10.2. The summed E-state index contributed by atoms with van der Waals surface area (Å²) in [6.07, 6.45) is 2.35. The summed E-state index contributed by atoms with van der Waals surface area (Å²) < 4.78 is 27.6. The molecule has 3 rings (SSSR count). The third-order valence-electron chi connectivity index (χ3n) is 4.09. The highest BCUT2D eigenvalue weighted by molar-refractivity contribution is 7.89. The van der Waals surface area contributed by atoms with Gasteiger partial charge in [-0.3, -0.25) is 4.79 Å². The summed E-state index contributed by atoms with van der Waals surface area (Å²) in [6, 6.07) is 5.29. The Labute approximate surface area is 125 Å². The van der Waals surface area contributed by atoms with Gasteiger partial charge < -0.3 is 4.90 Å². The third-order valence-corrected chi connectivity index (χ3v) is 5.77. The molecule has 0 spiro atoms. The highest BCUT2D eigenvalue weighted by Crippen LogP contribution is 2.31. The summed E-state index contributed by atoms with van der Waals surface area (Å²) in [6.45, 7) is 4.21. The number of carbonyl (C=O) groups excluding carboxylic acids is 1. The molecule has 5 nitrogen and oxygen atoms in total. The number of sulfonamides is 1. The Bertz CT molecular complexity index is 680. The minimum absolute atomic E-state index is 0.0610. The fraction of sp³-hybridized carbons (Fsp3) is 0.533. The second kappa shape index (κ2) is 5.10. The Morgan fingerprint density at radius 3 is 2.57 bits per heavy atom. The molecule has 1 aromatic carbocycles. The SMILES string of the molecule is Cc1ccc(S(=O)(=O)NC2CC(=O)N(C3CC3)C2)c(C)c1. The van der Waals surface area contributed by atoms with Gasteiger partial charge in [-0.25, -0.2) is 13.1 Å². The summed E-state index contributed by atoms with van der Waals surface area (Å²) in [5.74, 6) is 0.0610. The predicted octanol–water partition coefficient (Wildman–Crippen LogP) is 1.35. The normalized spacial score (nSPS) is 22.9. The number of aryl methyl sites for hydroxylation is 2. The molecule has 1 N–H and O–H groups in total. The lowest BCUT2D eigenvalue weighted by molar-refractivity contribution is -0.128. The molecule has 21 heavy (non-hydrogen) atoms. The van der Waals surface area contributed by atoms with Gasteiger partial charge in [0.15, 0.2) is 0 Å². The predicted molar refractivity (Wildman–Crippen MR) is 79.4 cm³/mol. The number of nitrogens with zero attached hydrogens (tertiary/aromatic N) is 1. The zero-order valence-corrected chi connectivity index (χ0v) is 13.1. The van der Waals surface area contributed by atoms with E-state index in [0.29, 0.717) is 17.5 Å². The van der Waals surface area contributed by atoms with Crippen LogP contribution >= 0.6 is 0 Å². The molecule has 0 aromatic heterocycles. The Morgan fingerprint density at radius 1 is 1.24 bits per heavy atom. The van der Waals surface area contributed by atoms with E-state index in [1.165, 1.54) is 0 Å². The highest BCUT2D eigenvalue weighted by Gasteiger charge is 2.40. The minimum Gasteiger partial charge on any atom is -0.338 e. The quantitative estimate of drug-likeness (QED) is 0.913. The number of amides is 1. The van der Waals surface area contributed by atoms with Crippen molar-refractivity contribution in [3.05, 3.63) is 29.3 Å². The van der Waals surface area contributed by atoms with Crippen molar-refractivity contribution in [1.29, 1.82) is 0 Å². The molecule has 1 amide bonds. The first-order valence-electron chi connectivity index (χ1n) is 7.26. The van der Waals surface area contributed by atoms with E-state index >= 15 is 0 Å². The molecular formula is C15H20N2O3S. The van der Waals surface area contributed by atoms with Crippen LogP contribution in [0.3, 0.4) is 0 Å². The molecule has 1 unspecified atom stereocenters. The van der Waals surface area contributed by atoms with Crippen LogP contribution in [0.1, 0.15) is 30.4 Å². The lowest BCUT2D eigenvalue weighted by Gasteiger charge is -2.17. The molecule has 1 saturated heterocycles. The van der Waals surface area contributed by atoms with Crippen LogP contribution in [-0.4, -0.2) is 37.9 Å². The van der Waals surface area contributed by atoms with Crippen LogP contribution in [0.25, 0.3) is 0 Å². The molecule has 1 atom stereocenters. The standard InChI is InChI=1S/C15H20N2O3S/c1-10-3-6-14(11(2)7-10)21(19,20)16-12-8-15(18)17(9-12)13-4-5-13/h3,6-7,12-13,16H,4-5,8-9H2,1-2H3. The number of hydrogen-bond donors (Lipinski definition) is 1. The van der Waals surface area contributed by atoms with E-state index < -0.39 is 10.0 Å². The maximum atomic E-state index is 12.5. The minimum atomic E-state index is -3.57. The van der Waals surface area contributed by atoms with E-state index in [9.17, 15) is 13.2 Å². The van der Waals surface area contributed by atoms with Crippen LogP contribution in [-0.2, 0) is 14.8 Å². The summed E-state index contributed by atoms with van der Waals surface area (Å²) in [5, 5.41) is 0. The first-order chi connectivity index (χ1) is 9.87. The Morgan fingerprint density at radius 2 is 1.95 bits per heavy atom. The Kier molecular flexibility index (Phi) is 3.53. The van der Waals surface area contributed by atoms with Crippen molar-refractivity contribution >= 4 is 15.9 Å².